The van der Waals surface area contributed by atoms with Gasteiger partial charge in [0.2, 0.25) is 0 Å². The summed E-state index contributed by atoms with van der Waals surface area (Å²) >= 11 is 0. The first-order chi connectivity index (χ1) is 8.04. The Kier molecular flexibility index (Phi) is 3.28. The number of benzene rings is 1. The van der Waals surface area contributed by atoms with Gasteiger partial charge in [0.15, 0.2) is 0 Å². The lowest BCUT2D eigenvalue weighted by atomic mass is 9.51. The van der Waals surface area contributed by atoms with Crippen molar-refractivity contribution in [3.05, 3.63) is 52.6 Å². The number of hydrogen-bond donors (Lipinski definition) is 1. The van der Waals surface area contributed by atoms with Crippen LogP contribution in [-0.4, -0.2) is 36.5 Å². The second kappa shape index (κ2) is 4.56. The van der Waals surface area contributed by atoms with Gasteiger partial charge >= 0.3 is 0 Å². The number of aliphatic hydroxyl groups is 1. The van der Waals surface area contributed by atoms with Crippen molar-refractivity contribution in [3.63, 3.8) is 0 Å². The Bertz CT molecular complexity index is 492. The molecular weight excluding hydrogens is 203 g/mol. The van der Waals surface area contributed by atoms with Gasteiger partial charge in [-0.3, -0.25) is 0 Å². The van der Waals surface area contributed by atoms with Crippen LogP contribution in [0.1, 0.15) is 5.56 Å². The average molecular weight is 220 g/mol. The lowest BCUT2D eigenvalue weighted by Crippen LogP contribution is -2.18. The van der Waals surface area contributed by atoms with Crippen LogP contribution in [0, 0.1) is 0 Å². The van der Waals surface area contributed by atoms with E-state index in [1.54, 1.807) is 0 Å². The van der Waals surface area contributed by atoms with Crippen LogP contribution >= 0.6 is 0 Å². The van der Waals surface area contributed by atoms with Gasteiger partial charge in [-0.15, -0.1) is 5.47 Å². The van der Waals surface area contributed by atoms with E-state index >= 15 is 0 Å². The zero-order valence-electron chi connectivity index (χ0n) is 11.0. The van der Waals surface area contributed by atoms with Gasteiger partial charge in [0, 0.05) is 0 Å². The van der Waals surface area contributed by atoms with Gasteiger partial charge in [0.25, 0.3) is 0 Å². The molecule has 17 heavy (non-hydrogen) atoms. The molecule has 0 radical (unpaired) electrons. The highest BCUT2D eigenvalue weighted by atomic mass is 16.3. The Morgan fingerprint density at radius 1 is 0.941 bits per heavy atom. The molecule has 2 unspecified atom stereocenters. The first kappa shape index (κ1) is 12.2. The van der Waals surface area contributed by atoms with Gasteiger partial charge in [0.05, 0.1) is 0 Å². The molecule has 1 aliphatic carbocycles. The number of hydrogen-bond acceptors (Lipinski definition) is 1. The fourth-order valence-corrected chi connectivity index (χ4v) is 2.59. The van der Waals surface area contributed by atoms with Crippen LogP contribution in [0.3, 0.4) is 0 Å². The van der Waals surface area contributed by atoms with Crippen LogP contribution in [0.25, 0.3) is 5.57 Å². The molecule has 0 spiro atoms. The highest BCUT2D eigenvalue weighted by Crippen LogP contribution is 2.44. The molecule has 1 aromatic rings. The van der Waals surface area contributed by atoms with E-state index < -0.39 is 0 Å². The largest absolute Gasteiger partial charge is 0.508 e. The van der Waals surface area contributed by atoms with Crippen LogP contribution in [0.2, 0.25) is 11.6 Å². The van der Waals surface area contributed by atoms with Crippen molar-refractivity contribution in [2.24, 2.45) is 0 Å². The Balaban J connectivity index is 2.59. The van der Waals surface area contributed by atoms with Crippen LogP contribution in [0.4, 0.5) is 0 Å². The minimum absolute atomic E-state index is 0.362. The molecule has 0 amide bonds. The third-order valence-electron chi connectivity index (χ3n) is 4.17. The Labute approximate surface area is 107 Å². The summed E-state index contributed by atoms with van der Waals surface area (Å²) in [5, 5.41) is 10.4. The topological polar surface area (TPSA) is 20.2 Å². The summed E-state index contributed by atoms with van der Waals surface area (Å²) in [7, 11) is 8.56. The van der Waals surface area contributed by atoms with Crippen molar-refractivity contribution >= 4 is 37.0 Å². The lowest BCUT2D eigenvalue weighted by molar-refractivity contribution is 0.427. The highest BCUT2D eigenvalue weighted by Gasteiger charge is 2.28. The summed E-state index contributed by atoms with van der Waals surface area (Å²) in [4.78, 5) is 0. The molecule has 0 aliphatic heterocycles. The van der Waals surface area contributed by atoms with E-state index in [1.165, 1.54) is 5.47 Å². The van der Waals surface area contributed by atoms with Crippen molar-refractivity contribution in [1.82, 2.24) is 0 Å². The van der Waals surface area contributed by atoms with E-state index in [4.69, 9.17) is 0 Å². The second-order valence-electron chi connectivity index (χ2n) is 5.01. The Morgan fingerprint density at radius 3 is 2.12 bits per heavy atom. The zero-order chi connectivity index (χ0) is 12.6. The maximum absolute atomic E-state index is 10.4. The van der Waals surface area contributed by atoms with E-state index in [-0.39, 0.29) is 0 Å². The molecule has 5 heteroatoms. The van der Waals surface area contributed by atoms with E-state index in [1.807, 2.05) is 26.0 Å². The van der Waals surface area contributed by atoms with Gasteiger partial charge in [-0.2, -0.15) is 0 Å². The first-order valence-electron chi connectivity index (χ1n) is 6.20. The van der Waals surface area contributed by atoms with Gasteiger partial charge < -0.3 is 5.11 Å². The predicted octanol–water partition coefficient (Wildman–Crippen LogP) is -0.710. The first-order valence-corrected chi connectivity index (χ1v) is 6.20. The molecule has 1 aliphatic rings. The summed E-state index contributed by atoms with van der Waals surface area (Å²) in [6, 6.07) is 10.2. The number of aliphatic hydroxyl groups excluding tert-OH is 1. The third-order valence-corrected chi connectivity index (χ3v) is 4.17. The summed E-state index contributed by atoms with van der Waals surface area (Å²) in [5.41, 5.74) is 4.56. The molecule has 2 rings (SSSR count). The van der Waals surface area contributed by atoms with Gasteiger partial charge in [0.1, 0.15) is 37.1 Å². The van der Waals surface area contributed by atoms with E-state index in [2.05, 4.69) is 35.7 Å². The van der Waals surface area contributed by atoms with Gasteiger partial charge in [-0.05, 0) is 17.0 Å². The maximum Gasteiger partial charge on any atom is 0.143 e. The quantitative estimate of drug-likeness (QED) is 0.619. The summed E-state index contributed by atoms with van der Waals surface area (Å²) in [6.45, 7) is 0. The van der Waals surface area contributed by atoms with Crippen molar-refractivity contribution in [3.8, 4) is 0 Å². The van der Waals surface area contributed by atoms with E-state index in [0.717, 1.165) is 16.6 Å². The van der Waals surface area contributed by atoms with Crippen LogP contribution in [0.5, 0.6) is 0 Å². The summed E-state index contributed by atoms with van der Waals surface area (Å²) < 4.78 is 0. The molecule has 0 saturated carbocycles. The maximum atomic E-state index is 10.4. The fraction of sp³-hybridized carbons (Fsp3) is 0.167. The SMILES string of the molecule is BC1=C(B)C(B)C(B)C(c2ccccc2)=C1O. The molecule has 0 saturated heterocycles. The molecule has 1 nitrogen and oxygen atoms in total. The molecule has 0 aromatic heterocycles. The lowest BCUT2D eigenvalue weighted by Gasteiger charge is -2.32. The minimum Gasteiger partial charge on any atom is -0.508 e. The minimum atomic E-state index is 0.362. The van der Waals surface area contributed by atoms with Crippen molar-refractivity contribution < 1.29 is 5.11 Å². The van der Waals surface area contributed by atoms with Crippen LogP contribution < -0.4 is 0 Å². The van der Waals surface area contributed by atoms with E-state index in [9.17, 15) is 5.11 Å². The zero-order valence-corrected chi connectivity index (χ0v) is 11.0. The van der Waals surface area contributed by atoms with E-state index in [0.29, 0.717) is 17.4 Å². The molecule has 2 atom stereocenters. The molecular formula is C12H16B4O. The van der Waals surface area contributed by atoms with Crippen molar-refractivity contribution in [2.75, 3.05) is 0 Å². The molecule has 0 fully saturated rings. The highest BCUT2D eigenvalue weighted by molar-refractivity contribution is 6.41. The number of allylic oxidation sites excluding steroid dienone is 3. The van der Waals surface area contributed by atoms with Crippen molar-refractivity contribution in [1.29, 1.82) is 0 Å². The Hall–Kier alpha value is -1.24. The normalized spacial score (nSPS) is 25.2. The predicted molar refractivity (Wildman–Crippen MR) is 84.7 cm³/mol. The van der Waals surface area contributed by atoms with Crippen molar-refractivity contribution in [2.45, 2.75) is 11.6 Å². The standard InChI is InChI=1S/C12H16B4O/c13-8-7(6-4-2-1-3-5-6)12(17)11(16)10(15)9(8)14/h1-5,8-9,17H,13-16H2. The summed E-state index contributed by atoms with van der Waals surface area (Å²) in [6.07, 6.45) is 0. The number of rotatable bonds is 1. The molecule has 1 aromatic carbocycles. The average Bonchev–Trinajstić information content (AvgIpc) is 2.36. The smallest absolute Gasteiger partial charge is 0.143 e. The Morgan fingerprint density at radius 2 is 1.53 bits per heavy atom. The molecule has 1 N–H and O–H groups in total. The monoisotopic (exact) mass is 220 g/mol. The fourth-order valence-electron chi connectivity index (χ4n) is 2.59. The molecule has 0 bridgehead atoms. The van der Waals surface area contributed by atoms with Crippen LogP contribution in [0.15, 0.2) is 47.0 Å². The third kappa shape index (κ3) is 1.99. The molecule has 0 heterocycles. The molecule has 82 valence electrons. The summed E-state index contributed by atoms with van der Waals surface area (Å²) in [5.74, 6) is 1.32. The van der Waals surface area contributed by atoms with Gasteiger partial charge in [-0.25, -0.2) is 0 Å². The van der Waals surface area contributed by atoms with Gasteiger partial charge in [-0.1, -0.05) is 41.6 Å². The van der Waals surface area contributed by atoms with Crippen LogP contribution in [-0.2, 0) is 0 Å². The second-order valence-corrected chi connectivity index (χ2v) is 5.01.